The van der Waals surface area contributed by atoms with Gasteiger partial charge in [0.2, 0.25) is 0 Å². The van der Waals surface area contributed by atoms with E-state index in [0.717, 1.165) is 26.1 Å². The molecule has 0 amide bonds. The molecule has 5 heteroatoms. The molecule has 0 bridgehead atoms. The first-order chi connectivity index (χ1) is 10.7. The molecule has 0 spiro atoms. The normalized spacial score (nSPS) is 19.3. The molecular weight excluding hydrogens is 281 g/mol. The first-order valence-corrected chi connectivity index (χ1v) is 7.75. The van der Waals surface area contributed by atoms with Crippen molar-refractivity contribution in [1.82, 2.24) is 14.5 Å². The second kappa shape index (κ2) is 6.92. The third-order valence-corrected chi connectivity index (χ3v) is 4.28. The summed E-state index contributed by atoms with van der Waals surface area (Å²) in [6, 6.07) is 4.95. The smallest absolute Gasteiger partial charge is 0.127 e. The molecule has 1 atom stereocenters. The minimum Gasteiger partial charge on any atom is -0.497 e. The predicted molar refractivity (Wildman–Crippen MR) is 83.2 cm³/mol. The lowest BCUT2D eigenvalue weighted by Crippen LogP contribution is -2.36. The first kappa shape index (κ1) is 15.0. The number of methoxy groups -OCH3 is 1. The number of ether oxygens (including phenoxy) is 1. The quantitative estimate of drug-likeness (QED) is 0.851. The molecule has 1 unspecified atom stereocenters. The molecule has 1 aromatic heterocycles. The zero-order valence-corrected chi connectivity index (χ0v) is 12.9. The Morgan fingerprint density at radius 3 is 3.09 bits per heavy atom. The maximum Gasteiger partial charge on any atom is 0.127 e. The van der Waals surface area contributed by atoms with Crippen molar-refractivity contribution in [3.05, 3.63) is 48.3 Å². The van der Waals surface area contributed by atoms with Crippen LogP contribution in [0.1, 0.15) is 18.4 Å². The standard InChI is InChI=1S/C17H22FN3O/c1-22-16-4-5-17(18)15(9-16)12-20-7-2-3-14(10-20)11-21-8-6-19-13-21/h4-6,8-9,13-14H,2-3,7,10-12H2,1H3. The predicted octanol–water partition coefficient (Wildman–Crippen LogP) is 2.94. The number of rotatable bonds is 5. The highest BCUT2D eigenvalue weighted by atomic mass is 19.1. The summed E-state index contributed by atoms with van der Waals surface area (Å²) in [5.41, 5.74) is 0.711. The van der Waals surface area contributed by atoms with E-state index in [1.54, 1.807) is 19.2 Å². The Morgan fingerprint density at radius 1 is 1.41 bits per heavy atom. The molecule has 1 saturated heterocycles. The van der Waals surface area contributed by atoms with Crippen molar-refractivity contribution in [3.63, 3.8) is 0 Å². The Balaban J connectivity index is 1.62. The molecule has 0 aliphatic carbocycles. The van der Waals surface area contributed by atoms with Gasteiger partial charge >= 0.3 is 0 Å². The second-order valence-corrected chi connectivity index (χ2v) is 5.96. The van der Waals surface area contributed by atoms with Crippen molar-refractivity contribution in [2.24, 2.45) is 5.92 Å². The number of hydrogen-bond acceptors (Lipinski definition) is 3. The highest BCUT2D eigenvalue weighted by Crippen LogP contribution is 2.23. The molecule has 22 heavy (non-hydrogen) atoms. The largest absolute Gasteiger partial charge is 0.497 e. The van der Waals surface area contributed by atoms with Gasteiger partial charge in [0.05, 0.1) is 13.4 Å². The molecule has 2 heterocycles. The maximum atomic E-state index is 14.0. The van der Waals surface area contributed by atoms with Gasteiger partial charge in [0.1, 0.15) is 11.6 Å². The molecule has 0 N–H and O–H groups in total. The molecule has 3 rings (SSSR count). The van der Waals surface area contributed by atoms with E-state index in [4.69, 9.17) is 4.74 Å². The summed E-state index contributed by atoms with van der Waals surface area (Å²) >= 11 is 0. The minimum absolute atomic E-state index is 0.155. The number of halogens is 1. The number of benzene rings is 1. The number of hydrogen-bond donors (Lipinski definition) is 0. The van der Waals surface area contributed by atoms with Gasteiger partial charge < -0.3 is 9.30 Å². The number of imidazole rings is 1. The molecular formula is C17H22FN3O. The van der Waals surface area contributed by atoms with Crippen LogP contribution in [0.3, 0.4) is 0 Å². The average Bonchev–Trinajstić information content (AvgIpc) is 3.03. The van der Waals surface area contributed by atoms with E-state index >= 15 is 0 Å². The molecule has 1 aromatic carbocycles. The molecule has 0 saturated carbocycles. The molecule has 0 radical (unpaired) electrons. The summed E-state index contributed by atoms with van der Waals surface area (Å²) in [7, 11) is 1.61. The lowest BCUT2D eigenvalue weighted by molar-refractivity contribution is 0.154. The van der Waals surface area contributed by atoms with Crippen LogP contribution in [0.5, 0.6) is 5.75 Å². The van der Waals surface area contributed by atoms with E-state index in [2.05, 4.69) is 14.5 Å². The first-order valence-electron chi connectivity index (χ1n) is 7.75. The van der Waals surface area contributed by atoms with Crippen LogP contribution < -0.4 is 4.74 Å². The lowest BCUT2D eigenvalue weighted by Gasteiger charge is -2.33. The van der Waals surface area contributed by atoms with Crippen LogP contribution in [0, 0.1) is 11.7 Å². The number of likely N-dealkylation sites (tertiary alicyclic amines) is 1. The van der Waals surface area contributed by atoms with Crippen molar-refractivity contribution in [1.29, 1.82) is 0 Å². The third-order valence-electron chi connectivity index (χ3n) is 4.28. The van der Waals surface area contributed by atoms with E-state index in [9.17, 15) is 4.39 Å². The van der Waals surface area contributed by atoms with Gasteiger partial charge in [0, 0.05) is 37.6 Å². The van der Waals surface area contributed by atoms with Gasteiger partial charge in [0.15, 0.2) is 0 Å². The van der Waals surface area contributed by atoms with Crippen molar-refractivity contribution < 1.29 is 9.13 Å². The summed E-state index contributed by atoms with van der Waals surface area (Å²) < 4.78 is 21.3. The van der Waals surface area contributed by atoms with Crippen LogP contribution in [-0.4, -0.2) is 34.7 Å². The SMILES string of the molecule is COc1ccc(F)c(CN2CCCC(Cn3ccnc3)C2)c1. The fourth-order valence-electron chi connectivity index (χ4n) is 3.18. The van der Waals surface area contributed by atoms with Gasteiger partial charge in [-0.05, 0) is 43.5 Å². The zero-order chi connectivity index (χ0) is 15.4. The summed E-state index contributed by atoms with van der Waals surface area (Å²) in [6.07, 6.45) is 8.05. The van der Waals surface area contributed by atoms with Crippen molar-refractivity contribution in [2.45, 2.75) is 25.9 Å². The Hall–Kier alpha value is -1.88. The summed E-state index contributed by atoms with van der Waals surface area (Å²) in [5, 5.41) is 0. The van der Waals surface area contributed by atoms with E-state index < -0.39 is 0 Å². The van der Waals surface area contributed by atoms with Crippen LogP contribution in [0.15, 0.2) is 36.9 Å². The van der Waals surface area contributed by atoms with Gasteiger partial charge in [-0.25, -0.2) is 9.37 Å². The Morgan fingerprint density at radius 2 is 2.32 bits per heavy atom. The Bertz CT molecular complexity index is 600. The molecule has 1 fully saturated rings. The lowest BCUT2D eigenvalue weighted by atomic mass is 9.97. The van der Waals surface area contributed by atoms with Crippen LogP contribution in [0.4, 0.5) is 4.39 Å². The van der Waals surface area contributed by atoms with Crippen LogP contribution in [0.2, 0.25) is 0 Å². The Kier molecular flexibility index (Phi) is 4.73. The summed E-state index contributed by atoms with van der Waals surface area (Å²) in [4.78, 5) is 6.43. The highest BCUT2D eigenvalue weighted by molar-refractivity contribution is 5.29. The van der Waals surface area contributed by atoms with Gasteiger partial charge in [0.25, 0.3) is 0 Å². The zero-order valence-electron chi connectivity index (χ0n) is 12.9. The van der Waals surface area contributed by atoms with E-state index in [0.29, 0.717) is 23.8 Å². The fraction of sp³-hybridized carbons (Fsp3) is 0.471. The van der Waals surface area contributed by atoms with Crippen molar-refractivity contribution in [2.75, 3.05) is 20.2 Å². The molecule has 1 aliphatic rings. The van der Waals surface area contributed by atoms with Gasteiger partial charge in [-0.15, -0.1) is 0 Å². The molecule has 2 aromatic rings. The Labute approximate surface area is 130 Å². The molecule has 4 nitrogen and oxygen atoms in total. The summed E-state index contributed by atoms with van der Waals surface area (Å²) in [5.74, 6) is 1.15. The number of aromatic nitrogens is 2. The van der Waals surface area contributed by atoms with Crippen LogP contribution in [0.25, 0.3) is 0 Å². The molecule has 118 valence electrons. The van der Waals surface area contributed by atoms with E-state index in [-0.39, 0.29) is 5.82 Å². The van der Waals surface area contributed by atoms with Gasteiger partial charge in [-0.2, -0.15) is 0 Å². The highest BCUT2D eigenvalue weighted by Gasteiger charge is 2.21. The second-order valence-electron chi connectivity index (χ2n) is 5.96. The van der Waals surface area contributed by atoms with Gasteiger partial charge in [-0.1, -0.05) is 0 Å². The van der Waals surface area contributed by atoms with Gasteiger partial charge in [-0.3, -0.25) is 4.90 Å². The van der Waals surface area contributed by atoms with Crippen molar-refractivity contribution >= 4 is 0 Å². The minimum atomic E-state index is -0.155. The van der Waals surface area contributed by atoms with E-state index in [1.165, 1.54) is 12.5 Å². The number of piperidine rings is 1. The fourth-order valence-corrected chi connectivity index (χ4v) is 3.18. The topological polar surface area (TPSA) is 30.3 Å². The van der Waals surface area contributed by atoms with Crippen LogP contribution in [-0.2, 0) is 13.1 Å². The third kappa shape index (κ3) is 3.65. The average molecular weight is 303 g/mol. The van der Waals surface area contributed by atoms with Crippen LogP contribution >= 0.6 is 0 Å². The molecule has 1 aliphatic heterocycles. The van der Waals surface area contributed by atoms with Crippen molar-refractivity contribution in [3.8, 4) is 5.75 Å². The monoisotopic (exact) mass is 303 g/mol. The van der Waals surface area contributed by atoms with E-state index in [1.807, 2.05) is 18.7 Å². The summed E-state index contributed by atoms with van der Waals surface area (Å²) in [6.45, 7) is 3.65. The number of nitrogens with zero attached hydrogens (tertiary/aromatic N) is 3. The maximum absolute atomic E-state index is 14.0.